The van der Waals surface area contributed by atoms with E-state index in [0.717, 1.165) is 35.5 Å². The molecule has 0 bridgehead atoms. The van der Waals surface area contributed by atoms with Crippen molar-refractivity contribution in [3.8, 4) is 0 Å². The van der Waals surface area contributed by atoms with Crippen molar-refractivity contribution in [1.29, 1.82) is 0 Å². The Bertz CT molecular complexity index is 705. The van der Waals surface area contributed by atoms with Crippen LogP contribution in [0.2, 0.25) is 0 Å². The molecule has 0 radical (unpaired) electrons. The maximum Gasteiger partial charge on any atom is -0.0235 e. The van der Waals surface area contributed by atoms with Gasteiger partial charge in [-0.2, -0.15) is 0 Å². The first-order valence-electron chi connectivity index (χ1n) is 14.4. The zero-order valence-electron chi connectivity index (χ0n) is 22.4. The Labute approximate surface area is 195 Å². The summed E-state index contributed by atoms with van der Waals surface area (Å²) in [7, 11) is 0. The van der Waals surface area contributed by atoms with Gasteiger partial charge in [0.15, 0.2) is 0 Å². The van der Waals surface area contributed by atoms with Gasteiger partial charge in [-0.15, -0.1) is 0 Å². The van der Waals surface area contributed by atoms with Gasteiger partial charge in [-0.05, 0) is 127 Å². The van der Waals surface area contributed by atoms with Crippen LogP contribution in [0.5, 0.6) is 0 Å². The minimum Gasteiger partial charge on any atom is -0.0651 e. The van der Waals surface area contributed by atoms with Crippen molar-refractivity contribution in [2.75, 3.05) is 0 Å². The third kappa shape index (κ3) is 2.78. The maximum absolute atomic E-state index is 2.82. The molecule has 5 rings (SSSR count). The molecule has 31 heavy (non-hydrogen) atoms. The predicted molar refractivity (Wildman–Crippen MR) is 134 cm³/mol. The third-order valence-corrected chi connectivity index (χ3v) is 14.1. The number of hydrogen-bond acceptors (Lipinski definition) is 0. The van der Waals surface area contributed by atoms with Crippen molar-refractivity contribution in [1.82, 2.24) is 0 Å². The fourth-order valence-electron chi connectivity index (χ4n) is 12.3. The molecule has 0 N–H and O–H groups in total. The van der Waals surface area contributed by atoms with Gasteiger partial charge in [0.2, 0.25) is 0 Å². The molecule has 0 amide bonds. The summed E-state index contributed by atoms with van der Waals surface area (Å²) in [4.78, 5) is 0. The second kappa shape index (κ2) is 7.01. The average Bonchev–Trinajstić information content (AvgIpc) is 3.04. The van der Waals surface area contributed by atoms with Crippen molar-refractivity contribution in [2.24, 2.45) is 62.6 Å². The second-order valence-electron chi connectivity index (χ2n) is 15.2. The van der Waals surface area contributed by atoms with E-state index >= 15 is 0 Å². The molecule has 5 fully saturated rings. The van der Waals surface area contributed by atoms with Gasteiger partial charge < -0.3 is 0 Å². The minimum absolute atomic E-state index is 0.560. The Morgan fingerprint density at radius 1 is 0.645 bits per heavy atom. The second-order valence-corrected chi connectivity index (χ2v) is 15.2. The summed E-state index contributed by atoms with van der Waals surface area (Å²) in [5.74, 6) is 5.86. The van der Waals surface area contributed by atoms with E-state index in [2.05, 4.69) is 55.4 Å². The van der Waals surface area contributed by atoms with Gasteiger partial charge in [-0.1, -0.05) is 68.2 Å². The summed E-state index contributed by atoms with van der Waals surface area (Å²) in [6.07, 6.45) is 18.1. The molecule has 10 atom stereocenters. The van der Waals surface area contributed by atoms with Crippen molar-refractivity contribution < 1.29 is 0 Å². The molecule has 0 aromatic carbocycles. The molecular formula is C31H54. The van der Waals surface area contributed by atoms with Gasteiger partial charge in [0.1, 0.15) is 0 Å². The van der Waals surface area contributed by atoms with Crippen LogP contribution in [0.15, 0.2) is 0 Å². The van der Waals surface area contributed by atoms with Crippen LogP contribution in [-0.2, 0) is 0 Å². The summed E-state index contributed by atoms with van der Waals surface area (Å²) < 4.78 is 0. The van der Waals surface area contributed by atoms with Gasteiger partial charge in [-0.3, -0.25) is 0 Å². The SMILES string of the molecule is CC[C@@H](C)[C@@H]1CC[C@]2(C)[C@H]3CC[C@@H]4[C@@]5(C)CCCC(C)(C)[C@@H]5CC[C@@]4(C)[C@]3(C)CC[C@@H]12. The molecule has 0 heteroatoms. The summed E-state index contributed by atoms with van der Waals surface area (Å²) in [6, 6.07) is 0. The largest absolute Gasteiger partial charge is 0.0651 e. The number of hydrogen-bond donors (Lipinski definition) is 0. The standard InChI is InChI=1S/C31H54/c1-9-21(2)22-13-18-28(5)23(22)14-19-30(7)25(28)11-12-26-29(6)17-10-16-27(3,4)24(29)15-20-31(26,30)8/h21-26H,9-20H2,1-8H3/t21-,22+,23+,24+,25-,26-,28+,29+,30-,31-/m1/s1. The lowest BCUT2D eigenvalue weighted by molar-refractivity contribution is -0.241. The number of fused-ring (bicyclic) bond motifs is 7. The van der Waals surface area contributed by atoms with Crippen LogP contribution in [-0.4, -0.2) is 0 Å². The van der Waals surface area contributed by atoms with Gasteiger partial charge in [0.25, 0.3) is 0 Å². The van der Waals surface area contributed by atoms with Gasteiger partial charge in [-0.25, -0.2) is 0 Å². The predicted octanol–water partition coefficient (Wildman–Crippen LogP) is 9.52. The highest BCUT2D eigenvalue weighted by Gasteiger charge is 2.70. The van der Waals surface area contributed by atoms with Crippen molar-refractivity contribution in [2.45, 2.75) is 132 Å². The van der Waals surface area contributed by atoms with Crippen molar-refractivity contribution >= 4 is 0 Å². The van der Waals surface area contributed by atoms with Crippen LogP contribution in [0.25, 0.3) is 0 Å². The van der Waals surface area contributed by atoms with Gasteiger partial charge >= 0.3 is 0 Å². The van der Waals surface area contributed by atoms with Crippen LogP contribution in [0.4, 0.5) is 0 Å². The van der Waals surface area contributed by atoms with Crippen LogP contribution < -0.4 is 0 Å². The molecule has 0 aromatic rings. The Morgan fingerprint density at radius 2 is 1.26 bits per heavy atom. The molecule has 0 saturated heterocycles. The molecule has 0 spiro atoms. The molecule has 5 aliphatic carbocycles. The van der Waals surface area contributed by atoms with Gasteiger partial charge in [0.05, 0.1) is 0 Å². The molecule has 0 aromatic heterocycles. The Balaban J connectivity index is 1.50. The van der Waals surface area contributed by atoms with Crippen molar-refractivity contribution in [3.05, 3.63) is 0 Å². The van der Waals surface area contributed by atoms with Gasteiger partial charge in [0, 0.05) is 0 Å². The lowest BCUT2D eigenvalue weighted by atomic mass is 9.32. The molecule has 5 saturated carbocycles. The minimum atomic E-state index is 0.560. The highest BCUT2D eigenvalue weighted by Crippen LogP contribution is 2.78. The molecule has 0 nitrogen and oxygen atoms in total. The molecule has 0 heterocycles. The Hall–Kier alpha value is 0. The normalized spacial score (nSPS) is 56.7. The quantitative estimate of drug-likeness (QED) is 0.412. The first-order chi connectivity index (χ1) is 14.4. The summed E-state index contributed by atoms with van der Waals surface area (Å²) in [5, 5.41) is 0. The fraction of sp³-hybridized carbons (Fsp3) is 1.00. The van der Waals surface area contributed by atoms with E-state index < -0.39 is 0 Å². The zero-order valence-corrected chi connectivity index (χ0v) is 22.4. The lowest BCUT2D eigenvalue weighted by Gasteiger charge is -2.73. The van der Waals surface area contributed by atoms with E-state index in [1.165, 1.54) is 70.6 Å². The lowest BCUT2D eigenvalue weighted by Crippen LogP contribution is -2.65. The van der Waals surface area contributed by atoms with Crippen LogP contribution in [0.1, 0.15) is 132 Å². The van der Waals surface area contributed by atoms with E-state index in [1.54, 1.807) is 6.42 Å². The summed E-state index contributed by atoms with van der Waals surface area (Å²) in [6.45, 7) is 21.4. The summed E-state index contributed by atoms with van der Waals surface area (Å²) >= 11 is 0. The Kier molecular flexibility index (Phi) is 5.15. The van der Waals surface area contributed by atoms with E-state index in [1.807, 2.05) is 0 Å². The smallest absolute Gasteiger partial charge is 0.0235 e. The first-order valence-corrected chi connectivity index (χ1v) is 14.4. The monoisotopic (exact) mass is 426 g/mol. The van der Waals surface area contributed by atoms with Crippen LogP contribution in [0, 0.1) is 62.6 Å². The van der Waals surface area contributed by atoms with Crippen molar-refractivity contribution in [3.63, 3.8) is 0 Å². The molecular weight excluding hydrogens is 372 g/mol. The third-order valence-electron chi connectivity index (χ3n) is 14.1. The maximum atomic E-state index is 2.82. The van der Waals surface area contributed by atoms with E-state index in [0.29, 0.717) is 27.1 Å². The molecule has 5 aliphatic rings. The topological polar surface area (TPSA) is 0 Å². The fourth-order valence-corrected chi connectivity index (χ4v) is 12.3. The molecule has 0 aliphatic heterocycles. The highest BCUT2D eigenvalue weighted by atomic mass is 14.7. The Morgan fingerprint density at radius 3 is 1.90 bits per heavy atom. The van der Waals surface area contributed by atoms with Crippen LogP contribution in [0.3, 0.4) is 0 Å². The summed E-state index contributed by atoms with van der Waals surface area (Å²) in [5.41, 5.74) is 2.91. The van der Waals surface area contributed by atoms with E-state index in [4.69, 9.17) is 0 Å². The first kappa shape index (κ1) is 22.8. The highest BCUT2D eigenvalue weighted by molar-refractivity contribution is 5.19. The van der Waals surface area contributed by atoms with E-state index in [-0.39, 0.29) is 0 Å². The zero-order chi connectivity index (χ0) is 22.4. The number of rotatable bonds is 2. The molecule has 178 valence electrons. The van der Waals surface area contributed by atoms with E-state index in [9.17, 15) is 0 Å². The molecule has 0 unspecified atom stereocenters. The van der Waals surface area contributed by atoms with Crippen LogP contribution >= 0.6 is 0 Å². The average molecular weight is 427 g/mol.